The van der Waals surface area contributed by atoms with Gasteiger partial charge >= 0.3 is 6.03 Å². The van der Waals surface area contributed by atoms with Crippen LogP contribution in [0.4, 0.5) is 10.5 Å². The first-order valence-electron chi connectivity index (χ1n) is 10.4. The van der Waals surface area contributed by atoms with Crippen LogP contribution in [0.3, 0.4) is 0 Å². The summed E-state index contributed by atoms with van der Waals surface area (Å²) in [4.78, 5) is 39.0. The Hall–Kier alpha value is -2.50. The van der Waals surface area contributed by atoms with Gasteiger partial charge in [0.05, 0.1) is 36.5 Å². The highest BCUT2D eigenvalue weighted by molar-refractivity contribution is 14.1. The molecular weight excluding hydrogens is 677 g/mol. The van der Waals surface area contributed by atoms with Gasteiger partial charge in [-0.15, -0.1) is 0 Å². The zero-order valence-electron chi connectivity index (χ0n) is 18.8. The van der Waals surface area contributed by atoms with E-state index in [4.69, 9.17) is 55.9 Å². The molecule has 0 bridgehead atoms. The molecule has 1 aliphatic rings. The number of hydrogen-bond acceptors (Lipinski definition) is 5. The summed E-state index contributed by atoms with van der Waals surface area (Å²) in [6.07, 6.45) is 1.36. The first kappa shape index (κ1) is 27.5. The van der Waals surface area contributed by atoms with Crippen LogP contribution in [0.1, 0.15) is 11.1 Å². The average Bonchev–Trinajstić information content (AvgIpc) is 2.85. The number of methoxy groups -OCH3 is 1. The van der Waals surface area contributed by atoms with Crippen LogP contribution in [0.2, 0.25) is 20.1 Å². The second-order valence-corrected chi connectivity index (χ2v) is 10.4. The van der Waals surface area contributed by atoms with Crippen molar-refractivity contribution in [2.75, 3.05) is 12.0 Å². The number of carbonyl (C=O) groups is 3. The maximum atomic E-state index is 13.2. The molecule has 3 aromatic carbocycles. The van der Waals surface area contributed by atoms with E-state index in [2.05, 4.69) is 27.9 Å². The lowest BCUT2D eigenvalue weighted by atomic mass is 10.1. The Morgan fingerprint density at radius 1 is 0.919 bits per heavy atom. The van der Waals surface area contributed by atoms with Crippen LogP contribution in [0.25, 0.3) is 6.08 Å². The molecule has 1 N–H and O–H groups in total. The van der Waals surface area contributed by atoms with Crippen LogP contribution >= 0.6 is 69.0 Å². The third-order valence-corrected chi connectivity index (χ3v) is 7.47. The molecule has 1 heterocycles. The second-order valence-electron chi connectivity index (χ2n) is 7.63. The van der Waals surface area contributed by atoms with Crippen LogP contribution in [-0.4, -0.2) is 25.0 Å². The van der Waals surface area contributed by atoms with Crippen LogP contribution < -0.4 is 19.7 Å². The minimum atomic E-state index is -0.899. The third-order valence-electron chi connectivity index (χ3n) is 5.19. The minimum Gasteiger partial charge on any atom is -0.493 e. The molecular formula is C25H15Cl4IN2O5. The van der Waals surface area contributed by atoms with Crippen molar-refractivity contribution in [1.82, 2.24) is 5.32 Å². The Labute approximate surface area is 245 Å². The largest absolute Gasteiger partial charge is 0.493 e. The standard InChI is InChI=1S/C25H15Cl4IN2O5/c1-36-21-9-13(8-20(30)22(21)37-11-12-2-4-16(26)18(28)7-12)6-15-23(33)31-25(35)32(24(15)34)14-3-5-17(27)19(29)10-14/h2-10H,11H2,1H3,(H,31,33,35)/b15-6+. The highest BCUT2D eigenvalue weighted by Crippen LogP contribution is 2.36. The quantitative estimate of drug-likeness (QED) is 0.169. The number of amides is 4. The van der Waals surface area contributed by atoms with Gasteiger partial charge in [-0.1, -0.05) is 52.5 Å². The Morgan fingerprint density at radius 2 is 1.59 bits per heavy atom. The lowest BCUT2D eigenvalue weighted by Crippen LogP contribution is -2.54. The second kappa shape index (κ2) is 11.5. The molecule has 7 nitrogen and oxygen atoms in total. The number of barbiturate groups is 1. The maximum Gasteiger partial charge on any atom is 0.335 e. The van der Waals surface area contributed by atoms with E-state index in [1.54, 1.807) is 30.3 Å². The number of nitrogens with zero attached hydrogens (tertiary/aromatic N) is 1. The first-order chi connectivity index (χ1) is 17.6. The number of ether oxygens (including phenoxy) is 2. The molecule has 12 heteroatoms. The number of carbonyl (C=O) groups excluding carboxylic acids is 3. The fourth-order valence-electron chi connectivity index (χ4n) is 3.43. The van der Waals surface area contributed by atoms with Gasteiger partial charge in [0.2, 0.25) is 0 Å². The topological polar surface area (TPSA) is 84.9 Å². The molecule has 4 rings (SSSR count). The molecule has 1 aliphatic heterocycles. The van der Waals surface area contributed by atoms with Crippen LogP contribution in [-0.2, 0) is 16.2 Å². The summed E-state index contributed by atoms with van der Waals surface area (Å²) in [6.45, 7) is 0.200. The van der Waals surface area contributed by atoms with Crippen molar-refractivity contribution in [2.24, 2.45) is 0 Å². The lowest BCUT2D eigenvalue weighted by Gasteiger charge is -2.26. The molecule has 0 radical (unpaired) electrons. The van der Waals surface area contributed by atoms with Crippen molar-refractivity contribution < 1.29 is 23.9 Å². The molecule has 0 atom stereocenters. The van der Waals surface area contributed by atoms with Crippen LogP contribution in [0.15, 0.2) is 54.1 Å². The summed E-state index contributed by atoms with van der Waals surface area (Å²) in [5.41, 5.74) is 1.18. The lowest BCUT2D eigenvalue weighted by molar-refractivity contribution is -0.122. The zero-order valence-corrected chi connectivity index (χ0v) is 24.0. The van der Waals surface area contributed by atoms with E-state index in [-0.39, 0.29) is 27.9 Å². The highest BCUT2D eigenvalue weighted by atomic mass is 127. The highest BCUT2D eigenvalue weighted by Gasteiger charge is 2.37. The fourth-order valence-corrected chi connectivity index (χ4v) is 4.82. The van der Waals surface area contributed by atoms with Gasteiger partial charge in [-0.2, -0.15) is 0 Å². The van der Waals surface area contributed by atoms with E-state index in [1.165, 1.54) is 31.4 Å². The van der Waals surface area contributed by atoms with E-state index in [1.807, 2.05) is 0 Å². The van der Waals surface area contributed by atoms with Gasteiger partial charge in [-0.25, -0.2) is 9.69 Å². The first-order valence-corrected chi connectivity index (χ1v) is 13.0. The molecule has 0 spiro atoms. The van der Waals surface area contributed by atoms with E-state index in [0.717, 1.165) is 10.5 Å². The smallest absolute Gasteiger partial charge is 0.335 e. The summed E-state index contributed by atoms with van der Waals surface area (Å²) < 4.78 is 12.1. The van der Waals surface area contributed by atoms with Gasteiger partial charge in [0.15, 0.2) is 11.5 Å². The zero-order chi connectivity index (χ0) is 26.9. The van der Waals surface area contributed by atoms with Crippen LogP contribution in [0.5, 0.6) is 11.5 Å². The van der Waals surface area contributed by atoms with Gasteiger partial charge in [0.25, 0.3) is 11.8 Å². The van der Waals surface area contributed by atoms with E-state index < -0.39 is 17.8 Å². The SMILES string of the molecule is COc1cc(/C=C2\C(=O)NC(=O)N(c3ccc(Cl)c(Cl)c3)C2=O)cc(I)c1OCc1ccc(Cl)c(Cl)c1. The normalized spacial score (nSPS) is 14.7. The number of hydrogen-bond donors (Lipinski definition) is 1. The summed E-state index contributed by atoms with van der Waals surface area (Å²) in [7, 11) is 1.47. The molecule has 3 aromatic rings. The van der Waals surface area contributed by atoms with Gasteiger partial charge in [0.1, 0.15) is 12.2 Å². The minimum absolute atomic E-state index is 0.151. The number of rotatable bonds is 6. The van der Waals surface area contributed by atoms with Gasteiger partial charge in [-0.05, 0) is 82.3 Å². The Bertz CT molecular complexity index is 1480. The average molecular weight is 692 g/mol. The van der Waals surface area contributed by atoms with E-state index in [0.29, 0.717) is 30.7 Å². The Balaban J connectivity index is 1.64. The molecule has 0 saturated carbocycles. The molecule has 190 valence electrons. The fraction of sp³-hybridized carbons (Fsp3) is 0.0800. The molecule has 4 amide bonds. The van der Waals surface area contributed by atoms with Crippen molar-refractivity contribution in [3.05, 3.63) is 88.9 Å². The molecule has 0 unspecified atom stereocenters. The Kier molecular flexibility index (Phi) is 8.55. The summed E-state index contributed by atoms with van der Waals surface area (Å²) in [6, 6.07) is 11.9. The summed E-state index contributed by atoms with van der Waals surface area (Å²) in [5, 5.41) is 3.43. The van der Waals surface area contributed by atoms with Crippen molar-refractivity contribution >= 4 is 98.6 Å². The number of urea groups is 1. The van der Waals surface area contributed by atoms with Gasteiger partial charge < -0.3 is 9.47 Å². The van der Waals surface area contributed by atoms with Crippen LogP contribution in [0, 0.1) is 3.57 Å². The van der Waals surface area contributed by atoms with Gasteiger partial charge in [0, 0.05) is 0 Å². The van der Waals surface area contributed by atoms with Crippen molar-refractivity contribution in [1.29, 1.82) is 0 Å². The molecule has 37 heavy (non-hydrogen) atoms. The predicted octanol–water partition coefficient (Wildman–Crippen LogP) is 7.16. The number of nitrogens with one attached hydrogen (secondary N) is 1. The van der Waals surface area contributed by atoms with Crippen molar-refractivity contribution in [3.8, 4) is 11.5 Å². The summed E-state index contributed by atoms with van der Waals surface area (Å²) in [5.74, 6) is -0.815. The number of benzene rings is 3. The number of imide groups is 2. The maximum absolute atomic E-state index is 13.2. The molecule has 0 aromatic heterocycles. The van der Waals surface area contributed by atoms with E-state index in [9.17, 15) is 14.4 Å². The van der Waals surface area contributed by atoms with Crippen molar-refractivity contribution in [2.45, 2.75) is 6.61 Å². The van der Waals surface area contributed by atoms with E-state index >= 15 is 0 Å². The summed E-state index contributed by atoms with van der Waals surface area (Å²) >= 11 is 26.1. The third kappa shape index (κ3) is 5.99. The number of halogens is 5. The molecule has 1 fully saturated rings. The molecule has 1 saturated heterocycles. The van der Waals surface area contributed by atoms with Crippen molar-refractivity contribution in [3.63, 3.8) is 0 Å². The predicted molar refractivity (Wildman–Crippen MR) is 152 cm³/mol. The molecule has 0 aliphatic carbocycles. The van der Waals surface area contributed by atoms with Gasteiger partial charge in [-0.3, -0.25) is 14.9 Å². The monoisotopic (exact) mass is 690 g/mol. The number of anilines is 1. The Morgan fingerprint density at radius 3 is 2.24 bits per heavy atom.